The minimum absolute atomic E-state index is 0.219. The Labute approximate surface area is 103 Å². The Balaban J connectivity index is 2.57. The van der Waals surface area contributed by atoms with Gasteiger partial charge in [0.05, 0.1) is 17.5 Å². The molecule has 0 fully saturated rings. The summed E-state index contributed by atoms with van der Waals surface area (Å²) in [7, 11) is 0. The minimum Gasteiger partial charge on any atom is -0.492 e. The first-order valence-electron chi connectivity index (χ1n) is 5.03. The van der Waals surface area contributed by atoms with E-state index in [0.29, 0.717) is 18.9 Å². The van der Waals surface area contributed by atoms with Crippen molar-refractivity contribution in [3.63, 3.8) is 0 Å². The van der Waals surface area contributed by atoms with Gasteiger partial charge in [0.15, 0.2) is 0 Å². The van der Waals surface area contributed by atoms with Crippen molar-refractivity contribution in [1.82, 2.24) is 0 Å². The molecular formula is C11H15BrN2O2. The van der Waals surface area contributed by atoms with Crippen molar-refractivity contribution in [2.45, 2.75) is 12.8 Å². The van der Waals surface area contributed by atoms with Crippen molar-refractivity contribution in [3.05, 3.63) is 28.2 Å². The molecular weight excluding hydrogens is 272 g/mol. The fourth-order valence-electron chi connectivity index (χ4n) is 1.25. The summed E-state index contributed by atoms with van der Waals surface area (Å²) >= 11 is 3.40. The molecule has 1 aromatic carbocycles. The fourth-order valence-corrected chi connectivity index (χ4v) is 1.79. The molecule has 88 valence electrons. The second-order valence-electron chi connectivity index (χ2n) is 3.37. The van der Waals surface area contributed by atoms with Crippen molar-refractivity contribution in [2.75, 3.05) is 13.2 Å². The molecule has 4 N–H and O–H groups in total. The van der Waals surface area contributed by atoms with Gasteiger partial charge in [-0.05, 0) is 46.6 Å². The molecule has 0 saturated carbocycles. The number of carbonyl (C=O) groups excluding carboxylic acids is 1. The van der Waals surface area contributed by atoms with Crippen LogP contribution in [0.15, 0.2) is 22.7 Å². The molecule has 1 aromatic rings. The molecule has 0 aromatic heterocycles. The molecule has 5 heteroatoms. The van der Waals surface area contributed by atoms with Crippen LogP contribution in [0.2, 0.25) is 0 Å². The van der Waals surface area contributed by atoms with Crippen LogP contribution >= 0.6 is 15.9 Å². The lowest BCUT2D eigenvalue weighted by atomic mass is 10.1. The summed E-state index contributed by atoms with van der Waals surface area (Å²) in [6.07, 6.45) is 1.05. The van der Waals surface area contributed by atoms with E-state index in [1.807, 2.05) is 18.2 Å². The third-order valence-electron chi connectivity index (χ3n) is 2.04. The number of ether oxygens (including phenoxy) is 1. The van der Waals surface area contributed by atoms with E-state index in [1.165, 1.54) is 0 Å². The number of amides is 1. The summed E-state index contributed by atoms with van der Waals surface area (Å²) in [5, 5.41) is 0. The molecule has 0 saturated heterocycles. The maximum Gasteiger partial charge on any atom is 0.220 e. The van der Waals surface area contributed by atoms with Crippen LogP contribution in [0.3, 0.4) is 0 Å². The van der Waals surface area contributed by atoms with Crippen LogP contribution in [-0.4, -0.2) is 19.1 Å². The summed E-state index contributed by atoms with van der Waals surface area (Å²) in [4.78, 5) is 10.5. The van der Waals surface area contributed by atoms with E-state index < -0.39 is 0 Å². The number of halogens is 1. The third kappa shape index (κ3) is 4.20. The molecule has 0 radical (unpaired) electrons. The van der Waals surface area contributed by atoms with Gasteiger partial charge in [-0.25, -0.2) is 0 Å². The molecule has 1 rings (SSSR count). The molecule has 0 heterocycles. The normalized spacial score (nSPS) is 10.1. The van der Waals surface area contributed by atoms with Gasteiger partial charge >= 0.3 is 0 Å². The predicted octanol–water partition coefficient (Wildman–Crippen LogP) is 1.20. The summed E-state index contributed by atoms with van der Waals surface area (Å²) in [6.45, 7) is 0.915. The molecule has 1 amide bonds. The summed E-state index contributed by atoms with van der Waals surface area (Å²) in [5.41, 5.74) is 11.6. The van der Waals surface area contributed by atoms with E-state index in [2.05, 4.69) is 15.9 Å². The Bertz CT molecular complexity index is 369. The summed E-state index contributed by atoms with van der Waals surface area (Å²) in [6, 6.07) is 5.78. The van der Waals surface area contributed by atoms with Crippen molar-refractivity contribution >= 4 is 21.8 Å². The zero-order valence-electron chi connectivity index (χ0n) is 8.91. The largest absolute Gasteiger partial charge is 0.492 e. The van der Waals surface area contributed by atoms with Gasteiger partial charge in [0.1, 0.15) is 5.75 Å². The van der Waals surface area contributed by atoms with E-state index in [1.54, 1.807) is 0 Å². The quantitative estimate of drug-likeness (QED) is 0.825. The van der Waals surface area contributed by atoms with Crippen molar-refractivity contribution in [2.24, 2.45) is 11.5 Å². The molecule has 0 spiro atoms. The van der Waals surface area contributed by atoms with Gasteiger partial charge in [0, 0.05) is 0 Å². The van der Waals surface area contributed by atoms with Gasteiger partial charge in [0.2, 0.25) is 5.91 Å². The van der Waals surface area contributed by atoms with Gasteiger partial charge in [-0.1, -0.05) is 6.07 Å². The van der Waals surface area contributed by atoms with E-state index in [4.69, 9.17) is 16.2 Å². The van der Waals surface area contributed by atoms with Crippen LogP contribution in [0.5, 0.6) is 5.75 Å². The fraction of sp³-hybridized carbons (Fsp3) is 0.364. The average Bonchev–Trinajstić information content (AvgIpc) is 2.21. The lowest BCUT2D eigenvalue weighted by Crippen LogP contribution is -2.14. The number of hydrogen-bond acceptors (Lipinski definition) is 3. The van der Waals surface area contributed by atoms with Crippen molar-refractivity contribution in [3.8, 4) is 5.75 Å². The first-order chi connectivity index (χ1) is 7.63. The van der Waals surface area contributed by atoms with Crippen molar-refractivity contribution in [1.29, 1.82) is 0 Å². The van der Waals surface area contributed by atoms with Gasteiger partial charge in [-0.2, -0.15) is 0 Å². The highest BCUT2D eigenvalue weighted by atomic mass is 79.9. The molecule has 0 aliphatic carbocycles. The number of hydrogen-bond donors (Lipinski definition) is 2. The molecule has 0 bridgehead atoms. The zero-order chi connectivity index (χ0) is 12.0. The minimum atomic E-state index is -0.365. The van der Waals surface area contributed by atoms with Gasteiger partial charge in [0.25, 0.3) is 0 Å². The topological polar surface area (TPSA) is 78.3 Å². The summed E-state index contributed by atoms with van der Waals surface area (Å²) < 4.78 is 6.27. The van der Waals surface area contributed by atoms with Crippen LogP contribution in [0.25, 0.3) is 0 Å². The van der Waals surface area contributed by atoms with Gasteiger partial charge in [-0.3, -0.25) is 4.79 Å². The van der Waals surface area contributed by atoms with Gasteiger partial charge < -0.3 is 16.2 Å². The average molecular weight is 287 g/mol. The van der Waals surface area contributed by atoms with Crippen LogP contribution < -0.4 is 16.2 Å². The smallest absolute Gasteiger partial charge is 0.220 e. The Morgan fingerprint density at radius 1 is 1.44 bits per heavy atom. The van der Waals surface area contributed by atoms with E-state index in [9.17, 15) is 4.79 Å². The monoisotopic (exact) mass is 286 g/mol. The maximum absolute atomic E-state index is 10.5. The van der Waals surface area contributed by atoms with Gasteiger partial charge in [-0.15, -0.1) is 0 Å². The Kier molecular flexibility index (Phi) is 5.28. The highest BCUT2D eigenvalue weighted by molar-refractivity contribution is 9.10. The Morgan fingerprint density at radius 3 is 2.75 bits per heavy atom. The van der Waals surface area contributed by atoms with E-state index >= 15 is 0 Å². The third-order valence-corrected chi connectivity index (χ3v) is 2.66. The molecule has 0 aliphatic heterocycles. The molecule has 0 atom stereocenters. The number of rotatable bonds is 6. The van der Waals surface area contributed by atoms with Crippen LogP contribution in [0, 0.1) is 0 Å². The lowest BCUT2D eigenvalue weighted by molar-refractivity contribution is -0.118. The molecule has 0 aliphatic rings. The Hall–Kier alpha value is -1.07. The van der Waals surface area contributed by atoms with E-state index in [-0.39, 0.29) is 12.3 Å². The summed E-state index contributed by atoms with van der Waals surface area (Å²) in [5.74, 6) is 0.345. The molecule has 0 unspecified atom stereocenters. The first kappa shape index (κ1) is 13.0. The molecule has 16 heavy (non-hydrogen) atoms. The first-order valence-corrected chi connectivity index (χ1v) is 5.82. The highest BCUT2D eigenvalue weighted by Crippen LogP contribution is 2.26. The van der Waals surface area contributed by atoms with E-state index in [0.717, 1.165) is 16.5 Å². The van der Waals surface area contributed by atoms with Crippen molar-refractivity contribution < 1.29 is 9.53 Å². The second kappa shape index (κ2) is 6.50. The maximum atomic E-state index is 10.5. The number of carbonyl (C=O) groups is 1. The zero-order valence-corrected chi connectivity index (χ0v) is 10.5. The SMILES string of the molecule is NCCc1ccc(OCCC(N)=O)c(Br)c1. The Morgan fingerprint density at radius 2 is 2.19 bits per heavy atom. The second-order valence-corrected chi connectivity index (χ2v) is 4.22. The highest BCUT2D eigenvalue weighted by Gasteiger charge is 2.03. The number of primary amides is 1. The lowest BCUT2D eigenvalue weighted by Gasteiger charge is -2.08. The van der Waals surface area contributed by atoms with Crippen LogP contribution in [0.4, 0.5) is 0 Å². The van der Waals surface area contributed by atoms with Crippen LogP contribution in [0.1, 0.15) is 12.0 Å². The standard InChI is InChI=1S/C11H15BrN2O2/c12-9-7-8(3-5-13)1-2-10(9)16-6-4-11(14)15/h1-2,7H,3-6,13H2,(H2,14,15). The number of nitrogens with two attached hydrogens (primary N) is 2. The van der Waals surface area contributed by atoms with Crippen LogP contribution in [-0.2, 0) is 11.2 Å². The number of benzene rings is 1. The molecule has 4 nitrogen and oxygen atoms in total. The predicted molar refractivity (Wildman–Crippen MR) is 66.2 cm³/mol.